The molecule has 3 atom stereocenters. The number of ether oxygens (including phenoxy) is 23. The van der Waals surface area contributed by atoms with Gasteiger partial charge < -0.3 is 130 Å². The summed E-state index contributed by atoms with van der Waals surface area (Å²) in [6, 6.07) is 0.380. The summed E-state index contributed by atoms with van der Waals surface area (Å²) in [4.78, 5) is 59.5. The predicted molar refractivity (Wildman–Crippen MR) is 359 cm³/mol. The number of unbranched alkanes of at least 4 members (excludes halogenated alkanes) is 1. The van der Waals surface area contributed by atoms with Crippen molar-refractivity contribution in [3.05, 3.63) is 12.2 Å². The first kappa shape index (κ1) is 89.7. The van der Waals surface area contributed by atoms with Gasteiger partial charge in [-0.1, -0.05) is 6.42 Å². The van der Waals surface area contributed by atoms with Gasteiger partial charge in [0.15, 0.2) is 0 Å². The predicted octanol–water partition coefficient (Wildman–Crippen LogP) is -0.359. The molecule has 4 N–H and O–H groups in total. The maximum atomic E-state index is 12.1. The minimum Gasteiger partial charge on any atom is -0.377 e. The normalized spacial score (nSPS) is 15.8. The van der Waals surface area contributed by atoms with Gasteiger partial charge in [-0.2, -0.15) is 11.8 Å². The van der Waals surface area contributed by atoms with E-state index < -0.39 is 11.8 Å². The molecule has 0 aromatic rings. The number of nitrogens with zero attached hydrogens (tertiary/aromatic N) is 1. The Balaban J connectivity index is 0.834. The SMILES string of the molecule is O=C(CCCCC1SCC2NC(=O)NC21)NCCOCCOCCOCCOCCOCCOCCOCCOCCOCCOCCOCCOCCOCCOCCOCCOCCOCCOCCOCCOCCOCCOCCOCCNC(=O)CCN1C(=O)C=CC1=O. The number of hydrogen-bond donors (Lipinski definition) is 4. The van der Waals surface area contributed by atoms with Crippen LogP contribution in [-0.4, -0.2) is 381 Å². The van der Waals surface area contributed by atoms with Gasteiger partial charge in [-0.25, -0.2) is 4.79 Å². The maximum Gasteiger partial charge on any atom is 0.315 e. The highest BCUT2D eigenvalue weighted by Crippen LogP contribution is 2.33. The first-order valence-corrected chi connectivity index (χ1v) is 36.0. The molecule has 0 spiro atoms. The highest BCUT2D eigenvalue weighted by Gasteiger charge is 2.42. The van der Waals surface area contributed by atoms with E-state index in [1.165, 1.54) is 12.2 Å². The number of carbonyl (C=O) groups is 5. The number of imide groups is 1. The number of hydrogen-bond acceptors (Lipinski definition) is 29. The van der Waals surface area contributed by atoms with E-state index in [2.05, 4.69) is 21.3 Å². The number of carbonyl (C=O) groups excluding carboxylic acids is 5. The van der Waals surface area contributed by atoms with Gasteiger partial charge in [-0.05, 0) is 12.8 Å². The molecule has 3 rings (SSSR count). The molecule has 3 unspecified atom stereocenters. The zero-order valence-corrected chi connectivity index (χ0v) is 59.4. The Morgan fingerprint density at radius 2 is 0.566 bits per heavy atom. The molecule has 578 valence electrons. The standard InChI is InChI=1S/C65H119N5O28S/c71-60(4-2-1-3-59-64-58(57-99-59)68-65(75)69-64)66-8-11-76-13-15-78-17-19-80-21-23-82-25-27-84-29-31-86-33-35-88-37-39-90-41-43-92-45-47-94-49-51-96-53-55-98-56-54-97-52-50-95-48-46-93-44-42-91-40-38-89-36-34-87-32-30-85-28-26-83-24-22-81-20-18-79-16-14-77-12-9-67-61(72)7-10-70-62(73)5-6-63(70)74/h5-6,58-59,64H,1-4,7-57H2,(H,66,71)(H,67,72)(H2,68,69,75). The molecule has 2 fully saturated rings. The number of amides is 6. The third-order valence-corrected chi connectivity index (χ3v) is 15.4. The van der Waals surface area contributed by atoms with Crippen LogP contribution in [0.1, 0.15) is 32.1 Å². The van der Waals surface area contributed by atoms with Crippen LogP contribution in [0, 0.1) is 0 Å². The topological polar surface area (TPSA) is 349 Å². The molecule has 99 heavy (non-hydrogen) atoms. The van der Waals surface area contributed by atoms with E-state index in [0.717, 1.165) is 29.9 Å². The second-order valence-corrected chi connectivity index (χ2v) is 22.8. The van der Waals surface area contributed by atoms with Crippen LogP contribution in [0.15, 0.2) is 12.2 Å². The third-order valence-electron chi connectivity index (χ3n) is 13.9. The van der Waals surface area contributed by atoms with E-state index in [-0.39, 0.29) is 42.9 Å². The van der Waals surface area contributed by atoms with Gasteiger partial charge in [0.2, 0.25) is 11.8 Å². The summed E-state index contributed by atoms with van der Waals surface area (Å²) in [7, 11) is 0. The number of rotatable bonds is 80. The number of thioether (sulfide) groups is 1. The monoisotopic (exact) mass is 1450 g/mol. The van der Waals surface area contributed by atoms with Crippen LogP contribution in [0.3, 0.4) is 0 Å². The lowest BCUT2D eigenvalue weighted by Crippen LogP contribution is -2.36. The van der Waals surface area contributed by atoms with Gasteiger partial charge in [0, 0.05) is 55.6 Å². The van der Waals surface area contributed by atoms with E-state index in [1.54, 1.807) is 0 Å². The lowest BCUT2D eigenvalue weighted by Gasteiger charge is -2.16. The van der Waals surface area contributed by atoms with Crippen molar-refractivity contribution in [2.24, 2.45) is 0 Å². The Morgan fingerprint density at radius 3 is 0.818 bits per heavy atom. The summed E-state index contributed by atoms with van der Waals surface area (Å²) in [5, 5.41) is 12.0. The second kappa shape index (κ2) is 70.2. The average molecular weight is 1450 g/mol. The molecule has 3 aliphatic heterocycles. The third kappa shape index (κ3) is 57.6. The first-order valence-electron chi connectivity index (χ1n) is 35.0. The summed E-state index contributed by atoms with van der Waals surface area (Å²) in [5.74, 6) is -0.0808. The molecule has 0 aromatic carbocycles. The molecule has 0 saturated carbocycles. The molecule has 0 bridgehead atoms. The average Bonchev–Trinajstić information content (AvgIpc) is 1.68. The summed E-state index contributed by atoms with van der Waals surface area (Å²) in [6.45, 7) is 21.9. The van der Waals surface area contributed by atoms with E-state index in [1.807, 2.05) is 11.8 Å². The highest BCUT2D eigenvalue weighted by atomic mass is 32.2. The van der Waals surface area contributed by atoms with Gasteiger partial charge in [0.25, 0.3) is 11.8 Å². The van der Waals surface area contributed by atoms with Crippen LogP contribution < -0.4 is 21.3 Å². The van der Waals surface area contributed by atoms with Gasteiger partial charge in [-0.15, -0.1) is 0 Å². The molecule has 0 aliphatic carbocycles. The summed E-state index contributed by atoms with van der Waals surface area (Å²) in [5.41, 5.74) is 0. The Bertz CT molecular complexity index is 1900. The fourth-order valence-corrected chi connectivity index (χ4v) is 10.3. The lowest BCUT2D eigenvalue weighted by molar-refractivity contribution is -0.137. The van der Waals surface area contributed by atoms with Crippen molar-refractivity contribution >= 4 is 41.4 Å². The highest BCUT2D eigenvalue weighted by molar-refractivity contribution is 8.00. The quantitative estimate of drug-likeness (QED) is 0.0343. The van der Waals surface area contributed by atoms with Crippen molar-refractivity contribution in [3.8, 4) is 0 Å². The van der Waals surface area contributed by atoms with Crippen molar-refractivity contribution in [1.82, 2.24) is 26.2 Å². The van der Waals surface area contributed by atoms with E-state index >= 15 is 0 Å². The van der Waals surface area contributed by atoms with Gasteiger partial charge in [0.05, 0.1) is 316 Å². The van der Waals surface area contributed by atoms with Gasteiger partial charge in [0.1, 0.15) is 0 Å². The van der Waals surface area contributed by atoms with E-state index in [9.17, 15) is 24.0 Å². The summed E-state index contributed by atoms with van der Waals surface area (Å²) < 4.78 is 127. The van der Waals surface area contributed by atoms with Gasteiger partial charge in [-0.3, -0.25) is 24.1 Å². The molecule has 2 saturated heterocycles. The van der Waals surface area contributed by atoms with Crippen LogP contribution in [0.25, 0.3) is 0 Å². The number of nitrogens with one attached hydrogen (secondary N) is 4. The zero-order chi connectivity index (χ0) is 70.3. The van der Waals surface area contributed by atoms with Crippen LogP contribution in [0.4, 0.5) is 4.79 Å². The first-order chi connectivity index (χ1) is 48.9. The Labute approximate surface area is 589 Å². The van der Waals surface area contributed by atoms with E-state index in [4.69, 9.17) is 109 Å². The van der Waals surface area contributed by atoms with E-state index in [0.29, 0.717) is 329 Å². The van der Waals surface area contributed by atoms with Crippen molar-refractivity contribution in [3.63, 3.8) is 0 Å². The van der Waals surface area contributed by atoms with Crippen LogP contribution in [0.2, 0.25) is 0 Å². The lowest BCUT2D eigenvalue weighted by atomic mass is 10.0. The molecule has 3 heterocycles. The number of urea groups is 1. The van der Waals surface area contributed by atoms with Crippen LogP contribution >= 0.6 is 11.8 Å². The van der Waals surface area contributed by atoms with Crippen LogP contribution in [-0.2, 0) is 128 Å². The van der Waals surface area contributed by atoms with Crippen molar-refractivity contribution in [1.29, 1.82) is 0 Å². The maximum absolute atomic E-state index is 12.1. The van der Waals surface area contributed by atoms with Crippen molar-refractivity contribution in [2.45, 2.75) is 49.4 Å². The fourth-order valence-electron chi connectivity index (χ4n) is 8.78. The zero-order valence-electron chi connectivity index (χ0n) is 58.6. The smallest absolute Gasteiger partial charge is 0.315 e. The minimum atomic E-state index is -0.403. The molecule has 3 aliphatic rings. The fraction of sp³-hybridized carbons (Fsp3) is 0.892. The number of fused-ring (bicyclic) bond motifs is 1. The van der Waals surface area contributed by atoms with Crippen molar-refractivity contribution in [2.75, 3.05) is 329 Å². The second-order valence-electron chi connectivity index (χ2n) is 21.6. The van der Waals surface area contributed by atoms with Crippen molar-refractivity contribution < 1.29 is 133 Å². The molecule has 0 radical (unpaired) electrons. The Morgan fingerprint density at radius 1 is 0.333 bits per heavy atom. The minimum absolute atomic E-state index is 0.0351. The summed E-state index contributed by atoms with van der Waals surface area (Å²) >= 11 is 1.90. The molecule has 6 amide bonds. The summed E-state index contributed by atoms with van der Waals surface area (Å²) in [6.07, 6.45) is 5.72. The Hall–Kier alpha value is -3.48. The molecule has 0 aromatic heterocycles. The molecular weight excluding hydrogens is 1330 g/mol. The molecular formula is C65H119N5O28S. The van der Waals surface area contributed by atoms with Crippen LogP contribution in [0.5, 0.6) is 0 Å². The largest absolute Gasteiger partial charge is 0.377 e. The molecule has 34 heteroatoms. The van der Waals surface area contributed by atoms with Gasteiger partial charge >= 0.3 is 6.03 Å². The Kier molecular flexibility index (Phi) is 63.6. The molecule has 33 nitrogen and oxygen atoms in total.